The zero-order chi connectivity index (χ0) is 13.2. The largest absolute Gasteiger partial charge is 0.353 e. The van der Waals surface area contributed by atoms with E-state index in [1.54, 1.807) is 12.3 Å². The molecule has 0 aliphatic heterocycles. The minimum absolute atomic E-state index is 0.234. The summed E-state index contributed by atoms with van der Waals surface area (Å²) in [6.45, 7) is 0. The first-order valence-corrected chi connectivity index (χ1v) is 5.80. The molecule has 3 aromatic rings. The number of nitrogens with zero attached hydrogens (tertiary/aromatic N) is 1. The van der Waals surface area contributed by atoms with E-state index in [-0.39, 0.29) is 5.69 Å². The summed E-state index contributed by atoms with van der Waals surface area (Å²) >= 11 is 0. The summed E-state index contributed by atoms with van der Waals surface area (Å²) < 4.78 is 26.5. The number of hydrogen-bond acceptors (Lipinski definition) is 2. The maximum absolute atomic E-state index is 13.6. The van der Waals surface area contributed by atoms with Crippen LogP contribution in [-0.2, 0) is 0 Å². The van der Waals surface area contributed by atoms with Crippen LogP contribution in [0.15, 0.2) is 54.7 Å². The molecule has 2 aromatic carbocycles. The molecule has 4 heteroatoms. The molecule has 0 unspecified atom stereocenters. The highest BCUT2D eigenvalue weighted by Gasteiger charge is 2.06. The summed E-state index contributed by atoms with van der Waals surface area (Å²) in [7, 11) is 0. The van der Waals surface area contributed by atoms with Gasteiger partial charge in [-0.15, -0.1) is 0 Å². The minimum atomic E-state index is -0.624. The van der Waals surface area contributed by atoms with Gasteiger partial charge in [-0.05, 0) is 24.3 Å². The highest BCUT2D eigenvalue weighted by atomic mass is 19.1. The van der Waals surface area contributed by atoms with Crippen molar-refractivity contribution < 1.29 is 8.78 Å². The monoisotopic (exact) mass is 256 g/mol. The highest BCUT2D eigenvalue weighted by molar-refractivity contribution is 5.92. The first-order chi connectivity index (χ1) is 9.24. The lowest BCUT2D eigenvalue weighted by Crippen LogP contribution is -1.96. The van der Waals surface area contributed by atoms with E-state index in [4.69, 9.17) is 0 Å². The van der Waals surface area contributed by atoms with Gasteiger partial charge in [0.25, 0.3) is 0 Å². The third kappa shape index (κ3) is 2.25. The van der Waals surface area contributed by atoms with E-state index in [0.717, 1.165) is 22.7 Å². The van der Waals surface area contributed by atoms with Crippen molar-refractivity contribution in [1.82, 2.24) is 4.98 Å². The Balaban J connectivity index is 2.06. The summed E-state index contributed by atoms with van der Waals surface area (Å²) in [5.41, 5.74) is 1.78. The van der Waals surface area contributed by atoms with E-state index in [9.17, 15) is 8.78 Å². The summed E-state index contributed by atoms with van der Waals surface area (Å²) in [6, 6.07) is 12.7. The Kier molecular flexibility index (Phi) is 2.83. The summed E-state index contributed by atoms with van der Waals surface area (Å²) in [5.74, 6) is -1.22. The molecule has 0 aliphatic carbocycles. The van der Waals surface area contributed by atoms with E-state index >= 15 is 0 Å². The molecule has 0 amide bonds. The molecular formula is C15H10F2N2. The van der Waals surface area contributed by atoms with Crippen LogP contribution in [0.3, 0.4) is 0 Å². The van der Waals surface area contributed by atoms with E-state index in [0.29, 0.717) is 0 Å². The normalized spacial score (nSPS) is 10.6. The quantitative estimate of drug-likeness (QED) is 0.741. The molecule has 0 bridgehead atoms. The Labute approximate surface area is 108 Å². The Bertz CT molecular complexity index is 736. The van der Waals surface area contributed by atoms with Crippen LogP contribution in [0.25, 0.3) is 10.9 Å². The first kappa shape index (κ1) is 11.6. The summed E-state index contributed by atoms with van der Waals surface area (Å²) in [4.78, 5) is 4.23. The van der Waals surface area contributed by atoms with Crippen LogP contribution in [0.5, 0.6) is 0 Å². The minimum Gasteiger partial charge on any atom is -0.353 e. The van der Waals surface area contributed by atoms with Gasteiger partial charge in [0.1, 0.15) is 11.6 Å². The number of hydrogen-bond donors (Lipinski definition) is 1. The van der Waals surface area contributed by atoms with Gasteiger partial charge < -0.3 is 5.32 Å². The maximum atomic E-state index is 13.6. The molecule has 0 atom stereocenters. The Morgan fingerprint density at radius 3 is 2.58 bits per heavy atom. The number of rotatable bonds is 2. The van der Waals surface area contributed by atoms with Crippen molar-refractivity contribution in [3.63, 3.8) is 0 Å². The van der Waals surface area contributed by atoms with Crippen LogP contribution in [0.4, 0.5) is 20.2 Å². The van der Waals surface area contributed by atoms with E-state index in [2.05, 4.69) is 10.3 Å². The smallest absolute Gasteiger partial charge is 0.149 e. The standard InChI is InChI=1S/C15H10F2N2/c16-10-5-6-15(12(17)9-10)19-14-7-8-18-13-4-2-1-3-11(13)14/h1-9H,(H,18,19). The van der Waals surface area contributed by atoms with Crippen molar-refractivity contribution in [3.05, 3.63) is 66.4 Å². The van der Waals surface area contributed by atoms with Gasteiger partial charge >= 0.3 is 0 Å². The number of aromatic nitrogens is 1. The SMILES string of the molecule is Fc1ccc(Nc2ccnc3ccccc23)c(F)c1. The second kappa shape index (κ2) is 4.65. The van der Waals surface area contributed by atoms with Crippen LogP contribution in [0.2, 0.25) is 0 Å². The van der Waals surface area contributed by atoms with E-state index in [1.165, 1.54) is 12.1 Å². The fourth-order valence-electron chi connectivity index (χ4n) is 1.94. The molecule has 19 heavy (non-hydrogen) atoms. The lowest BCUT2D eigenvalue weighted by molar-refractivity contribution is 0.586. The van der Waals surface area contributed by atoms with Crippen molar-refractivity contribution in [1.29, 1.82) is 0 Å². The number of fused-ring (bicyclic) bond motifs is 1. The molecule has 0 saturated heterocycles. The van der Waals surface area contributed by atoms with E-state index in [1.807, 2.05) is 24.3 Å². The molecule has 0 radical (unpaired) electrons. The van der Waals surface area contributed by atoms with Gasteiger partial charge in [-0.3, -0.25) is 4.98 Å². The van der Waals surface area contributed by atoms with Gasteiger partial charge in [0.2, 0.25) is 0 Å². The molecule has 2 nitrogen and oxygen atoms in total. The number of pyridine rings is 1. The first-order valence-electron chi connectivity index (χ1n) is 5.80. The second-order valence-corrected chi connectivity index (χ2v) is 4.12. The lowest BCUT2D eigenvalue weighted by atomic mass is 10.2. The summed E-state index contributed by atoms with van der Waals surface area (Å²) in [5, 5.41) is 3.84. The number of halogens is 2. The number of para-hydroxylation sites is 1. The second-order valence-electron chi connectivity index (χ2n) is 4.12. The molecule has 3 rings (SSSR count). The molecule has 1 aromatic heterocycles. The molecule has 1 N–H and O–H groups in total. The van der Waals surface area contributed by atoms with Crippen LogP contribution in [0, 0.1) is 11.6 Å². The molecule has 0 fully saturated rings. The number of benzene rings is 2. The molecule has 94 valence electrons. The Morgan fingerprint density at radius 2 is 1.74 bits per heavy atom. The third-order valence-corrected chi connectivity index (χ3v) is 2.85. The van der Waals surface area contributed by atoms with Crippen LogP contribution >= 0.6 is 0 Å². The van der Waals surface area contributed by atoms with Crippen molar-refractivity contribution in [2.75, 3.05) is 5.32 Å². The lowest BCUT2D eigenvalue weighted by Gasteiger charge is -2.10. The van der Waals surface area contributed by atoms with Gasteiger partial charge in [-0.2, -0.15) is 0 Å². The maximum Gasteiger partial charge on any atom is 0.149 e. The average molecular weight is 256 g/mol. The molecule has 0 aliphatic rings. The molecule has 0 saturated carbocycles. The van der Waals surface area contributed by atoms with Gasteiger partial charge in [0.05, 0.1) is 11.2 Å². The van der Waals surface area contributed by atoms with Crippen molar-refractivity contribution >= 4 is 22.3 Å². The fourth-order valence-corrected chi connectivity index (χ4v) is 1.94. The van der Waals surface area contributed by atoms with Gasteiger partial charge in [-0.25, -0.2) is 8.78 Å². The highest BCUT2D eigenvalue weighted by Crippen LogP contribution is 2.26. The fraction of sp³-hybridized carbons (Fsp3) is 0. The Hall–Kier alpha value is -2.49. The summed E-state index contributed by atoms with van der Waals surface area (Å²) in [6.07, 6.45) is 1.64. The van der Waals surface area contributed by atoms with Gasteiger partial charge in [0.15, 0.2) is 0 Å². The van der Waals surface area contributed by atoms with Crippen molar-refractivity contribution in [3.8, 4) is 0 Å². The predicted octanol–water partition coefficient (Wildman–Crippen LogP) is 4.26. The van der Waals surface area contributed by atoms with Crippen LogP contribution in [0.1, 0.15) is 0 Å². The molecule has 1 heterocycles. The predicted molar refractivity (Wildman–Crippen MR) is 71.4 cm³/mol. The molecular weight excluding hydrogens is 246 g/mol. The van der Waals surface area contributed by atoms with Gasteiger partial charge in [0, 0.05) is 23.3 Å². The van der Waals surface area contributed by atoms with Crippen LogP contribution < -0.4 is 5.32 Å². The van der Waals surface area contributed by atoms with Crippen molar-refractivity contribution in [2.45, 2.75) is 0 Å². The van der Waals surface area contributed by atoms with Gasteiger partial charge in [-0.1, -0.05) is 18.2 Å². The van der Waals surface area contributed by atoms with E-state index < -0.39 is 11.6 Å². The zero-order valence-electron chi connectivity index (χ0n) is 9.90. The third-order valence-electron chi connectivity index (χ3n) is 2.85. The van der Waals surface area contributed by atoms with Crippen molar-refractivity contribution in [2.24, 2.45) is 0 Å². The topological polar surface area (TPSA) is 24.9 Å². The van der Waals surface area contributed by atoms with Crippen LogP contribution in [-0.4, -0.2) is 4.98 Å². The number of anilines is 2. The Morgan fingerprint density at radius 1 is 0.895 bits per heavy atom. The zero-order valence-corrected chi connectivity index (χ0v) is 9.90. The average Bonchev–Trinajstić information content (AvgIpc) is 2.42. The molecule has 0 spiro atoms. The number of nitrogens with one attached hydrogen (secondary N) is 1.